The molecule has 0 aliphatic heterocycles. The predicted molar refractivity (Wildman–Crippen MR) is 103 cm³/mol. The first-order valence-electron chi connectivity index (χ1n) is 8.95. The van der Waals surface area contributed by atoms with Crippen molar-refractivity contribution in [1.29, 1.82) is 0 Å². The number of anilines is 1. The van der Waals surface area contributed by atoms with Gasteiger partial charge in [-0.05, 0) is 32.9 Å². The highest BCUT2D eigenvalue weighted by Crippen LogP contribution is 2.21. The van der Waals surface area contributed by atoms with Gasteiger partial charge in [0.05, 0.1) is 6.20 Å². The van der Waals surface area contributed by atoms with Crippen LogP contribution in [0.4, 0.5) is 19.5 Å². The molecule has 0 aromatic carbocycles. The molecule has 3 aromatic heterocycles. The van der Waals surface area contributed by atoms with Crippen molar-refractivity contribution in [3.8, 4) is 11.1 Å². The fraction of sp³-hybridized carbons (Fsp3) is 0.389. The minimum absolute atomic E-state index is 0.0398. The highest BCUT2D eigenvalue weighted by Gasteiger charge is 2.21. The topological polar surface area (TPSA) is 107 Å². The zero-order chi connectivity index (χ0) is 22.1. The van der Waals surface area contributed by atoms with Gasteiger partial charge in [0.2, 0.25) is 11.9 Å². The number of ether oxygens (including phenoxy) is 1. The van der Waals surface area contributed by atoms with Crippen LogP contribution in [0.15, 0.2) is 30.7 Å². The number of likely N-dealkylation sites (N-methyl/N-ethyl adjacent to an activating group) is 1. The van der Waals surface area contributed by atoms with Crippen LogP contribution in [0.3, 0.4) is 0 Å². The van der Waals surface area contributed by atoms with Crippen LogP contribution < -0.4 is 5.32 Å². The second kappa shape index (κ2) is 8.05. The molecule has 0 aliphatic rings. The van der Waals surface area contributed by atoms with E-state index in [-0.39, 0.29) is 12.5 Å². The van der Waals surface area contributed by atoms with Crippen molar-refractivity contribution in [2.75, 3.05) is 18.9 Å². The molecule has 0 atom stereocenters. The van der Waals surface area contributed by atoms with Crippen molar-refractivity contribution >= 4 is 23.6 Å². The molecule has 12 heteroatoms. The van der Waals surface area contributed by atoms with Gasteiger partial charge in [0, 0.05) is 30.6 Å². The summed E-state index contributed by atoms with van der Waals surface area (Å²) in [5, 5.41) is 10.3. The molecule has 3 heterocycles. The van der Waals surface area contributed by atoms with Gasteiger partial charge in [-0.3, -0.25) is 10.1 Å². The van der Waals surface area contributed by atoms with E-state index in [9.17, 15) is 18.4 Å². The molecule has 0 saturated carbocycles. The summed E-state index contributed by atoms with van der Waals surface area (Å²) in [7, 11) is 1.44. The maximum Gasteiger partial charge on any atom is 0.410 e. The Morgan fingerprint density at radius 2 is 1.97 bits per heavy atom. The van der Waals surface area contributed by atoms with Gasteiger partial charge in [0.1, 0.15) is 12.1 Å². The third-order valence-electron chi connectivity index (χ3n) is 3.80. The lowest BCUT2D eigenvalue weighted by molar-refractivity contribution is -0.117. The minimum atomic E-state index is -2.73. The van der Waals surface area contributed by atoms with Crippen molar-refractivity contribution < 1.29 is 23.1 Å². The van der Waals surface area contributed by atoms with Gasteiger partial charge in [0.15, 0.2) is 5.65 Å². The van der Waals surface area contributed by atoms with E-state index in [4.69, 9.17) is 4.74 Å². The van der Waals surface area contributed by atoms with Crippen LogP contribution in [0.25, 0.3) is 16.8 Å². The fourth-order valence-corrected chi connectivity index (χ4v) is 2.48. The second-order valence-electron chi connectivity index (χ2n) is 7.53. The van der Waals surface area contributed by atoms with Crippen LogP contribution in [0, 0.1) is 0 Å². The van der Waals surface area contributed by atoms with Crippen molar-refractivity contribution in [2.45, 2.75) is 32.9 Å². The molecule has 1 N–H and O–H groups in total. The number of hydrogen-bond acceptors (Lipinski definition) is 6. The highest BCUT2D eigenvalue weighted by atomic mass is 19.3. The van der Waals surface area contributed by atoms with E-state index in [1.165, 1.54) is 24.0 Å². The number of nitrogens with zero attached hydrogens (tertiary/aromatic N) is 6. The lowest BCUT2D eigenvalue weighted by atomic mass is 10.2. The molecule has 3 rings (SSSR count). The van der Waals surface area contributed by atoms with Crippen LogP contribution >= 0.6 is 0 Å². The van der Waals surface area contributed by atoms with Gasteiger partial charge in [-0.2, -0.15) is 18.9 Å². The Morgan fingerprint density at radius 1 is 1.23 bits per heavy atom. The number of fused-ring (bicyclic) bond motifs is 1. The zero-order valence-electron chi connectivity index (χ0n) is 16.8. The summed E-state index contributed by atoms with van der Waals surface area (Å²) in [6.07, 6.45) is 3.49. The molecule has 0 radical (unpaired) electrons. The molecule has 160 valence electrons. The first-order valence-corrected chi connectivity index (χ1v) is 8.95. The Labute approximate surface area is 170 Å². The quantitative estimate of drug-likeness (QED) is 0.679. The SMILES string of the molecule is CN(CC(=O)Nc1nc2ccc(-c3cnn(C(F)F)c3)cn2n1)C(=O)OC(C)(C)C. The summed E-state index contributed by atoms with van der Waals surface area (Å²) in [6.45, 7) is 2.21. The Kier molecular flexibility index (Phi) is 5.67. The van der Waals surface area contributed by atoms with E-state index in [2.05, 4.69) is 20.5 Å². The van der Waals surface area contributed by atoms with Gasteiger partial charge in [0.25, 0.3) is 0 Å². The normalized spacial score (nSPS) is 11.7. The molecular formula is C18H21F2N7O3. The van der Waals surface area contributed by atoms with Gasteiger partial charge in [-0.1, -0.05) is 0 Å². The predicted octanol–water partition coefficient (Wildman–Crippen LogP) is 2.79. The molecule has 0 bridgehead atoms. The molecule has 0 aliphatic carbocycles. The van der Waals surface area contributed by atoms with E-state index in [1.54, 1.807) is 39.1 Å². The number of nitrogens with one attached hydrogen (secondary N) is 1. The van der Waals surface area contributed by atoms with Gasteiger partial charge < -0.3 is 9.64 Å². The highest BCUT2D eigenvalue weighted by molar-refractivity contribution is 5.92. The molecule has 0 unspecified atom stereocenters. The lowest BCUT2D eigenvalue weighted by Gasteiger charge is -2.24. The minimum Gasteiger partial charge on any atom is -0.444 e. The van der Waals surface area contributed by atoms with Crippen LogP contribution in [-0.4, -0.2) is 60.5 Å². The molecule has 0 spiro atoms. The van der Waals surface area contributed by atoms with Crippen molar-refractivity contribution in [2.24, 2.45) is 0 Å². The first kappa shape index (κ1) is 21.1. The van der Waals surface area contributed by atoms with Gasteiger partial charge in [-0.15, -0.1) is 5.10 Å². The number of aromatic nitrogens is 5. The molecule has 0 fully saturated rings. The Hall–Kier alpha value is -3.57. The third-order valence-corrected chi connectivity index (χ3v) is 3.80. The van der Waals surface area contributed by atoms with Crippen molar-refractivity contribution in [3.63, 3.8) is 0 Å². The number of carbonyl (C=O) groups is 2. The van der Waals surface area contributed by atoms with Gasteiger partial charge in [-0.25, -0.2) is 14.0 Å². The summed E-state index contributed by atoms with van der Waals surface area (Å²) in [6, 6.07) is 3.31. The van der Waals surface area contributed by atoms with E-state index >= 15 is 0 Å². The standard InChI is InChI=1S/C18H21F2N7O3/c1-18(2,3)30-17(29)25(4)10-14(28)23-16-22-13-6-5-11(8-26(13)24-16)12-7-21-27(9-12)15(19)20/h5-9,15H,10H2,1-4H3,(H,23,24,28). The molecule has 30 heavy (non-hydrogen) atoms. The van der Waals surface area contributed by atoms with Crippen LogP contribution in [0.2, 0.25) is 0 Å². The van der Waals surface area contributed by atoms with Crippen LogP contribution in [0.1, 0.15) is 27.3 Å². The largest absolute Gasteiger partial charge is 0.444 e. The Balaban J connectivity index is 1.68. The fourth-order valence-electron chi connectivity index (χ4n) is 2.48. The molecule has 2 amide bonds. The number of pyridine rings is 1. The summed E-state index contributed by atoms with van der Waals surface area (Å²) < 4.78 is 32.5. The Bertz CT molecular complexity index is 1070. The van der Waals surface area contributed by atoms with Crippen molar-refractivity contribution in [3.05, 3.63) is 30.7 Å². The molecule has 3 aromatic rings. The number of amides is 2. The zero-order valence-corrected chi connectivity index (χ0v) is 16.8. The molecular weight excluding hydrogens is 400 g/mol. The Morgan fingerprint density at radius 3 is 2.60 bits per heavy atom. The number of rotatable bonds is 5. The number of hydrogen-bond donors (Lipinski definition) is 1. The van der Waals surface area contributed by atoms with Crippen LogP contribution in [0.5, 0.6) is 0 Å². The summed E-state index contributed by atoms with van der Waals surface area (Å²) in [5.74, 6) is -0.462. The number of carbonyl (C=O) groups excluding carboxylic acids is 2. The maximum atomic E-state index is 12.7. The lowest BCUT2D eigenvalue weighted by Crippen LogP contribution is -2.38. The third kappa shape index (κ3) is 5.07. The monoisotopic (exact) mass is 421 g/mol. The van der Waals surface area contributed by atoms with E-state index in [0.29, 0.717) is 21.5 Å². The average Bonchev–Trinajstić information content (AvgIpc) is 3.25. The first-order chi connectivity index (χ1) is 14.0. The number of halogens is 2. The summed E-state index contributed by atoms with van der Waals surface area (Å²) in [4.78, 5) is 29.4. The molecule has 0 saturated heterocycles. The van der Waals surface area contributed by atoms with Crippen molar-refractivity contribution in [1.82, 2.24) is 29.3 Å². The van der Waals surface area contributed by atoms with E-state index < -0.39 is 24.2 Å². The molecule has 10 nitrogen and oxygen atoms in total. The van der Waals surface area contributed by atoms with Gasteiger partial charge >= 0.3 is 12.6 Å². The summed E-state index contributed by atoms with van der Waals surface area (Å²) in [5.41, 5.74) is 0.851. The smallest absolute Gasteiger partial charge is 0.410 e. The van der Waals surface area contributed by atoms with Crippen LogP contribution in [-0.2, 0) is 9.53 Å². The average molecular weight is 421 g/mol. The maximum absolute atomic E-state index is 12.7. The second-order valence-corrected chi connectivity index (χ2v) is 7.53. The van der Waals surface area contributed by atoms with E-state index in [0.717, 1.165) is 4.90 Å². The summed E-state index contributed by atoms with van der Waals surface area (Å²) >= 11 is 0. The van der Waals surface area contributed by atoms with E-state index in [1.807, 2.05) is 0 Å². The number of alkyl halides is 2.